The van der Waals surface area contributed by atoms with Crippen molar-refractivity contribution in [2.24, 2.45) is 0 Å². The summed E-state index contributed by atoms with van der Waals surface area (Å²) in [5.41, 5.74) is 2.86. The Morgan fingerprint density at radius 2 is 1.94 bits per heavy atom. The Labute approximate surface area is 108 Å². The van der Waals surface area contributed by atoms with Crippen LogP contribution >= 0.6 is 11.8 Å². The van der Waals surface area contributed by atoms with Crippen molar-refractivity contribution in [1.29, 1.82) is 0 Å². The molecule has 1 aromatic carbocycles. The normalized spacial score (nSPS) is 10.4. The molecule has 3 heteroatoms. The van der Waals surface area contributed by atoms with E-state index in [9.17, 15) is 4.79 Å². The molecule has 0 heterocycles. The van der Waals surface area contributed by atoms with E-state index in [0.29, 0.717) is 12.4 Å². The molecule has 0 aliphatic heterocycles. The number of hydrogen-bond donors (Lipinski definition) is 0. The van der Waals surface area contributed by atoms with Gasteiger partial charge in [0.1, 0.15) is 5.75 Å². The summed E-state index contributed by atoms with van der Waals surface area (Å²) >= 11 is 1.66. The number of ether oxygens (including phenoxy) is 1. The second-order valence-corrected chi connectivity index (χ2v) is 5.20. The van der Waals surface area contributed by atoms with E-state index in [-0.39, 0.29) is 5.78 Å². The van der Waals surface area contributed by atoms with Gasteiger partial charge >= 0.3 is 0 Å². The van der Waals surface area contributed by atoms with Crippen LogP contribution in [0.5, 0.6) is 5.75 Å². The molecule has 1 aromatic rings. The molecule has 0 fully saturated rings. The minimum atomic E-state index is 0.209. The Hall–Kier alpha value is -0.960. The number of ketones is 1. The molecule has 94 valence electrons. The molecular weight excluding hydrogens is 232 g/mol. The van der Waals surface area contributed by atoms with E-state index in [2.05, 4.69) is 6.92 Å². The molecule has 0 aliphatic carbocycles. The van der Waals surface area contributed by atoms with E-state index in [4.69, 9.17) is 4.74 Å². The molecule has 0 atom stereocenters. The lowest BCUT2D eigenvalue weighted by atomic mass is 10.0. The number of benzene rings is 1. The zero-order valence-corrected chi connectivity index (χ0v) is 11.8. The van der Waals surface area contributed by atoms with E-state index in [0.717, 1.165) is 28.2 Å². The van der Waals surface area contributed by atoms with Crippen molar-refractivity contribution in [3.8, 4) is 5.75 Å². The molecule has 0 amide bonds. The van der Waals surface area contributed by atoms with Gasteiger partial charge in [0, 0.05) is 5.56 Å². The zero-order valence-electron chi connectivity index (χ0n) is 11.0. The topological polar surface area (TPSA) is 26.3 Å². The van der Waals surface area contributed by atoms with Gasteiger partial charge in [-0.15, -0.1) is 0 Å². The molecule has 0 saturated carbocycles. The van der Waals surface area contributed by atoms with Crippen molar-refractivity contribution in [2.45, 2.75) is 27.7 Å². The first kappa shape index (κ1) is 14.1. The average molecular weight is 252 g/mol. The van der Waals surface area contributed by atoms with Crippen molar-refractivity contribution in [3.05, 3.63) is 28.8 Å². The van der Waals surface area contributed by atoms with Gasteiger partial charge in [-0.2, -0.15) is 11.8 Å². The quantitative estimate of drug-likeness (QED) is 0.723. The third-order valence-electron chi connectivity index (χ3n) is 2.56. The van der Waals surface area contributed by atoms with Gasteiger partial charge in [0.2, 0.25) is 0 Å². The second kappa shape index (κ2) is 6.70. The fourth-order valence-corrected chi connectivity index (χ4v) is 2.22. The maximum absolute atomic E-state index is 12.0. The number of carbonyl (C=O) groups excluding carboxylic acids is 1. The fraction of sp³-hybridized carbons (Fsp3) is 0.500. The van der Waals surface area contributed by atoms with Gasteiger partial charge in [0.25, 0.3) is 0 Å². The van der Waals surface area contributed by atoms with Crippen LogP contribution < -0.4 is 4.74 Å². The van der Waals surface area contributed by atoms with Gasteiger partial charge < -0.3 is 4.74 Å². The summed E-state index contributed by atoms with van der Waals surface area (Å²) in [6, 6.07) is 3.90. The summed E-state index contributed by atoms with van der Waals surface area (Å²) in [5.74, 6) is 2.62. The van der Waals surface area contributed by atoms with E-state index in [1.165, 1.54) is 0 Å². The lowest BCUT2D eigenvalue weighted by Gasteiger charge is -2.11. The third-order valence-corrected chi connectivity index (χ3v) is 3.43. The number of carbonyl (C=O) groups is 1. The van der Waals surface area contributed by atoms with Crippen molar-refractivity contribution in [1.82, 2.24) is 0 Å². The molecule has 0 spiro atoms. The lowest BCUT2D eigenvalue weighted by Crippen LogP contribution is -2.06. The first-order valence-electron chi connectivity index (χ1n) is 5.95. The van der Waals surface area contributed by atoms with Crippen LogP contribution in [0.4, 0.5) is 0 Å². The second-order valence-electron chi connectivity index (χ2n) is 3.93. The zero-order chi connectivity index (χ0) is 12.8. The van der Waals surface area contributed by atoms with Gasteiger partial charge in [-0.25, -0.2) is 0 Å². The smallest absolute Gasteiger partial charge is 0.172 e. The number of thioether (sulfide) groups is 1. The summed E-state index contributed by atoms with van der Waals surface area (Å²) in [5, 5.41) is 0. The summed E-state index contributed by atoms with van der Waals surface area (Å²) in [6.45, 7) is 8.62. The van der Waals surface area contributed by atoms with Crippen LogP contribution in [0.3, 0.4) is 0 Å². The van der Waals surface area contributed by atoms with E-state index >= 15 is 0 Å². The highest BCUT2D eigenvalue weighted by Gasteiger charge is 2.12. The highest BCUT2D eigenvalue weighted by molar-refractivity contribution is 7.99. The lowest BCUT2D eigenvalue weighted by molar-refractivity contribution is 0.102. The van der Waals surface area contributed by atoms with Crippen LogP contribution in [0.2, 0.25) is 0 Å². The Morgan fingerprint density at radius 3 is 2.53 bits per heavy atom. The fourth-order valence-electron chi connectivity index (χ4n) is 1.67. The van der Waals surface area contributed by atoms with Gasteiger partial charge in [0.15, 0.2) is 5.78 Å². The highest BCUT2D eigenvalue weighted by Crippen LogP contribution is 2.24. The van der Waals surface area contributed by atoms with Gasteiger partial charge in [-0.1, -0.05) is 6.92 Å². The maximum Gasteiger partial charge on any atom is 0.172 e. The van der Waals surface area contributed by atoms with Gasteiger partial charge in [-0.3, -0.25) is 4.79 Å². The van der Waals surface area contributed by atoms with Crippen LogP contribution in [0, 0.1) is 13.8 Å². The van der Waals surface area contributed by atoms with Gasteiger partial charge in [-0.05, 0) is 49.8 Å². The highest BCUT2D eigenvalue weighted by atomic mass is 32.2. The van der Waals surface area contributed by atoms with Crippen LogP contribution in [-0.2, 0) is 0 Å². The summed E-state index contributed by atoms with van der Waals surface area (Å²) in [4.78, 5) is 12.0. The Morgan fingerprint density at radius 1 is 1.24 bits per heavy atom. The minimum absolute atomic E-state index is 0.209. The molecule has 0 radical (unpaired) electrons. The van der Waals surface area contributed by atoms with Crippen LogP contribution in [0.25, 0.3) is 0 Å². The molecule has 0 aromatic heterocycles. The first-order chi connectivity index (χ1) is 8.10. The van der Waals surface area contributed by atoms with E-state index in [1.54, 1.807) is 11.8 Å². The van der Waals surface area contributed by atoms with E-state index in [1.807, 2.05) is 32.9 Å². The molecule has 0 aliphatic rings. The van der Waals surface area contributed by atoms with Crippen molar-refractivity contribution < 1.29 is 9.53 Å². The predicted molar refractivity (Wildman–Crippen MR) is 74.4 cm³/mol. The SMILES string of the molecule is CCOc1cc(C)c(C(=O)CSCC)cc1C. The third kappa shape index (κ3) is 3.77. The Bertz CT molecular complexity index is 399. The largest absolute Gasteiger partial charge is 0.494 e. The Kier molecular flexibility index (Phi) is 5.56. The molecule has 1 rings (SSSR count). The van der Waals surface area contributed by atoms with Crippen molar-refractivity contribution >= 4 is 17.5 Å². The standard InChI is InChI=1S/C14H20O2S/c1-5-16-14-8-10(3)12(7-11(14)4)13(15)9-17-6-2/h7-8H,5-6,9H2,1-4H3. The van der Waals surface area contributed by atoms with E-state index < -0.39 is 0 Å². The van der Waals surface area contributed by atoms with Crippen molar-refractivity contribution in [3.63, 3.8) is 0 Å². The number of aryl methyl sites for hydroxylation is 2. The minimum Gasteiger partial charge on any atom is -0.494 e. The number of hydrogen-bond acceptors (Lipinski definition) is 3. The summed E-state index contributed by atoms with van der Waals surface area (Å²) in [6.07, 6.45) is 0. The maximum atomic E-state index is 12.0. The van der Waals surface area contributed by atoms with Crippen molar-refractivity contribution in [2.75, 3.05) is 18.1 Å². The van der Waals surface area contributed by atoms with Crippen LogP contribution in [-0.4, -0.2) is 23.9 Å². The van der Waals surface area contributed by atoms with Gasteiger partial charge in [0.05, 0.1) is 12.4 Å². The van der Waals surface area contributed by atoms with Crippen LogP contribution in [0.15, 0.2) is 12.1 Å². The van der Waals surface area contributed by atoms with Crippen LogP contribution in [0.1, 0.15) is 35.3 Å². The molecule has 0 unspecified atom stereocenters. The molecular formula is C14H20O2S. The molecule has 0 bridgehead atoms. The summed E-state index contributed by atoms with van der Waals surface area (Å²) in [7, 11) is 0. The molecule has 17 heavy (non-hydrogen) atoms. The predicted octanol–water partition coefficient (Wildman–Crippen LogP) is 3.64. The monoisotopic (exact) mass is 252 g/mol. The summed E-state index contributed by atoms with van der Waals surface area (Å²) < 4.78 is 5.52. The average Bonchev–Trinajstić information content (AvgIpc) is 2.30. The molecule has 2 nitrogen and oxygen atoms in total. The number of Topliss-reactive ketones (excluding diaryl/α,β-unsaturated/α-hetero) is 1. The first-order valence-corrected chi connectivity index (χ1v) is 7.10. The molecule has 0 saturated heterocycles. The molecule has 0 N–H and O–H groups in total. The number of rotatable bonds is 6. The Balaban J connectivity index is 2.94.